The van der Waals surface area contributed by atoms with Crippen molar-refractivity contribution in [3.63, 3.8) is 0 Å². The van der Waals surface area contributed by atoms with E-state index in [0.29, 0.717) is 16.8 Å². The van der Waals surface area contributed by atoms with Gasteiger partial charge in [-0.3, -0.25) is 14.0 Å². The van der Waals surface area contributed by atoms with E-state index in [0.717, 1.165) is 23.6 Å². The van der Waals surface area contributed by atoms with Gasteiger partial charge in [-0.25, -0.2) is 9.37 Å². The summed E-state index contributed by atoms with van der Waals surface area (Å²) in [5.41, 5.74) is 1.41. The van der Waals surface area contributed by atoms with Crippen molar-refractivity contribution in [2.45, 2.75) is 6.36 Å². The van der Waals surface area contributed by atoms with E-state index in [1.807, 2.05) is 0 Å². The van der Waals surface area contributed by atoms with E-state index in [1.54, 1.807) is 43.2 Å². The number of rotatable bonds is 4. The van der Waals surface area contributed by atoms with E-state index >= 15 is 0 Å². The summed E-state index contributed by atoms with van der Waals surface area (Å²) in [5, 5.41) is 7.86. The number of anilines is 1. The lowest BCUT2D eigenvalue weighted by molar-refractivity contribution is -0.274. The van der Waals surface area contributed by atoms with Crippen LogP contribution < -0.4 is 15.6 Å². The molecular weight excluding hydrogens is 502 g/mol. The maximum atomic E-state index is 14.5. The molecule has 0 aliphatic heterocycles. The second-order valence-electron chi connectivity index (χ2n) is 7.89. The standard InChI is InChI=1S/C24H16ClF4N5O2/c1-30-20-16-10-17(26)21(25)31-22(16)34(14-4-6-15(7-5-14)36-24(27,28)29)23(35)19(20)12-3-8-18-13(9-12)11-33(2)32-18/h3-11,30H,1-2H3. The number of ether oxygens (including phenoxy) is 1. The molecule has 2 aromatic carbocycles. The molecule has 0 spiro atoms. The highest BCUT2D eigenvalue weighted by atomic mass is 35.5. The van der Waals surface area contributed by atoms with Crippen LogP contribution in [0.3, 0.4) is 0 Å². The summed E-state index contributed by atoms with van der Waals surface area (Å²) in [5.74, 6) is -1.26. The van der Waals surface area contributed by atoms with Crippen LogP contribution in [-0.4, -0.2) is 32.7 Å². The summed E-state index contributed by atoms with van der Waals surface area (Å²) in [4.78, 5) is 18.0. The molecule has 7 nitrogen and oxygen atoms in total. The van der Waals surface area contributed by atoms with Crippen LogP contribution in [0.15, 0.2) is 59.5 Å². The lowest BCUT2D eigenvalue weighted by Gasteiger charge is -2.18. The Morgan fingerprint density at radius 2 is 1.81 bits per heavy atom. The first-order valence-corrected chi connectivity index (χ1v) is 10.9. The van der Waals surface area contributed by atoms with Crippen LogP contribution >= 0.6 is 11.6 Å². The molecular formula is C24H16ClF4N5O2. The van der Waals surface area contributed by atoms with Crippen LogP contribution in [0.25, 0.3) is 38.8 Å². The zero-order valence-electron chi connectivity index (χ0n) is 18.7. The fourth-order valence-electron chi connectivity index (χ4n) is 4.13. The second-order valence-corrected chi connectivity index (χ2v) is 8.25. The predicted octanol–water partition coefficient (Wildman–Crippen LogP) is 5.67. The molecule has 3 aromatic heterocycles. The van der Waals surface area contributed by atoms with Gasteiger partial charge in [-0.2, -0.15) is 5.10 Å². The number of hydrogen-bond acceptors (Lipinski definition) is 5. The van der Waals surface area contributed by atoms with Crippen LogP contribution in [0.4, 0.5) is 23.2 Å². The van der Waals surface area contributed by atoms with Crippen molar-refractivity contribution >= 4 is 39.2 Å². The van der Waals surface area contributed by atoms with E-state index in [2.05, 4.69) is 20.1 Å². The van der Waals surface area contributed by atoms with Crippen LogP contribution in [0.2, 0.25) is 5.15 Å². The Labute approximate surface area is 205 Å². The molecule has 0 bridgehead atoms. The van der Waals surface area contributed by atoms with Gasteiger partial charge >= 0.3 is 6.36 Å². The lowest BCUT2D eigenvalue weighted by atomic mass is 10.0. The molecule has 0 amide bonds. The smallest absolute Gasteiger partial charge is 0.406 e. The fourth-order valence-corrected chi connectivity index (χ4v) is 4.26. The van der Waals surface area contributed by atoms with Crippen molar-refractivity contribution < 1.29 is 22.3 Å². The van der Waals surface area contributed by atoms with Crippen molar-refractivity contribution in [3.8, 4) is 22.6 Å². The van der Waals surface area contributed by atoms with Gasteiger partial charge in [0.25, 0.3) is 5.56 Å². The van der Waals surface area contributed by atoms with Gasteiger partial charge in [0.1, 0.15) is 5.75 Å². The lowest BCUT2D eigenvalue weighted by Crippen LogP contribution is -2.23. The number of hydrogen-bond donors (Lipinski definition) is 1. The van der Waals surface area contributed by atoms with Gasteiger partial charge in [-0.1, -0.05) is 17.7 Å². The van der Waals surface area contributed by atoms with Gasteiger partial charge < -0.3 is 10.1 Å². The molecule has 0 fully saturated rings. The van der Waals surface area contributed by atoms with Gasteiger partial charge in [0.05, 0.1) is 22.5 Å². The van der Waals surface area contributed by atoms with Crippen LogP contribution in [0.1, 0.15) is 0 Å². The highest BCUT2D eigenvalue weighted by Gasteiger charge is 2.31. The highest BCUT2D eigenvalue weighted by Crippen LogP contribution is 2.35. The summed E-state index contributed by atoms with van der Waals surface area (Å²) in [6.07, 6.45) is -3.08. The molecule has 0 saturated heterocycles. The average Bonchev–Trinajstić information content (AvgIpc) is 3.18. The van der Waals surface area contributed by atoms with Gasteiger partial charge in [0.15, 0.2) is 16.6 Å². The zero-order chi connectivity index (χ0) is 25.8. The molecule has 12 heteroatoms. The van der Waals surface area contributed by atoms with E-state index in [9.17, 15) is 22.4 Å². The Bertz CT molecular complexity index is 1690. The maximum absolute atomic E-state index is 14.5. The minimum absolute atomic E-state index is 0.0199. The van der Waals surface area contributed by atoms with Gasteiger partial charge in [-0.05, 0) is 48.0 Å². The Morgan fingerprint density at radius 1 is 1.08 bits per heavy atom. The van der Waals surface area contributed by atoms with E-state index in [4.69, 9.17) is 11.6 Å². The number of alkyl halides is 3. The number of aryl methyl sites for hydroxylation is 1. The molecule has 36 heavy (non-hydrogen) atoms. The van der Waals surface area contributed by atoms with Crippen molar-refractivity contribution in [2.24, 2.45) is 7.05 Å². The Kier molecular flexibility index (Phi) is 5.59. The van der Waals surface area contributed by atoms with Crippen molar-refractivity contribution in [3.05, 3.63) is 76.1 Å². The third-order valence-corrected chi connectivity index (χ3v) is 5.81. The molecule has 5 aromatic rings. The fraction of sp³-hybridized carbons (Fsp3) is 0.125. The van der Waals surface area contributed by atoms with Crippen molar-refractivity contribution in [1.29, 1.82) is 0 Å². The molecule has 0 saturated carbocycles. The predicted molar refractivity (Wildman–Crippen MR) is 128 cm³/mol. The Hall–Kier alpha value is -4.12. The third-order valence-electron chi connectivity index (χ3n) is 5.55. The number of fused-ring (bicyclic) bond motifs is 2. The molecule has 3 heterocycles. The topological polar surface area (TPSA) is 74.0 Å². The summed E-state index contributed by atoms with van der Waals surface area (Å²) in [7, 11) is 3.35. The average molecular weight is 518 g/mol. The van der Waals surface area contributed by atoms with E-state index in [1.165, 1.54) is 16.7 Å². The molecule has 0 unspecified atom stereocenters. The van der Waals surface area contributed by atoms with Gasteiger partial charge in [0.2, 0.25) is 0 Å². The maximum Gasteiger partial charge on any atom is 0.573 e. The first-order chi connectivity index (χ1) is 17.1. The minimum atomic E-state index is -4.87. The number of nitrogens with zero attached hydrogens (tertiary/aromatic N) is 4. The quantitative estimate of drug-likeness (QED) is 0.245. The van der Waals surface area contributed by atoms with Crippen LogP contribution in [0, 0.1) is 5.82 Å². The van der Waals surface area contributed by atoms with Crippen LogP contribution in [-0.2, 0) is 7.05 Å². The molecule has 184 valence electrons. The number of aromatic nitrogens is 4. The summed E-state index contributed by atoms with van der Waals surface area (Å²) >= 11 is 5.94. The molecule has 0 radical (unpaired) electrons. The van der Waals surface area contributed by atoms with Crippen LogP contribution in [0.5, 0.6) is 5.75 Å². The van der Waals surface area contributed by atoms with E-state index < -0.39 is 28.6 Å². The first kappa shape index (κ1) is 23.6. The SMILES string of the molecule is CNc1c(-c2ccc3nn(C)cc3c2)c(=O)n(-c2ccc(OC(F)(F)F)cc2)c2nc(Cl)c(F)cc12. The summed E-state index contributed by atoms with van der Waals surface area (Å²) < 4.78 is 59.1. The molecule has 0 aliphatic rings. The monoisotopic (exact) mass is 517 g/mol. The Morgan fingerprint density at radius 3 is 2.47 bits per heavy atom. The van der Waals surface area contributed by atoms with E-state index in [-0.39, 0.29) is 22.3 Å². The molecule has 5 rings (SSSR count). The number of halogens is 5. The summed E-state index contributed by atoms with van der Waals surface area (Å²) in [6.45, 7) is 0. The van der Waals surface area contributed by atoms with Crippen molar-refractivity contribution in [1.82, 2.24) is 19.3 Å². The largest absolute Gasteiger partial charge is 0.573 e. The highest BCUT2D eigenvalue weighted by molar-refractivity contribution is 6.30. The number of benzene rings is 2. The molecule has 0 aliphatic carbocycles. The molecule has 0 atom stereocenters. The zero-order valence-corrected chi connectivity index (χ0v) is 19.4. The second kappa shape index (κ2) is 8.52. The van der Waals surface area contributed by atoms with Gasteiger partial charge in [0, 0.05) is 31.1 Å². The summed E-state index contributed by atoms with van der Waals surface area (Å²) in [6, 6.07) is 11.1. The number of nitrogens with one attached hydrogen (secondary N) is 1. The molecule has 1 N–H and O–H groups in total. The van der Waals surface area contributed by atoms with Gasteiger partial charge in [-0.15, -0.1) is 13.2 Å². The number of pyridine rings is 2. The van der Waals surface area contributed by atoms with Crippen molar-refractivity contribution in [2.75, 3.05) is 12.4 Å². The third kappa shape index (κ3) is 4.11. The minimum Gasteiger partial charge on any atom is -0.406 e. The first-order valence-electron chi connectivity index (χ1n) is 10.5. The normalized spacial score (nSPS) is 11.9. The Balaban J connectivity index is 1.82.